The van der Waals surface area contributed by atoms with Crippen LogP contribution in [0.25, 0.3) is 0 Å². The van der Waals surface area contributed by atoms with E-state index in [1.807, 2.05) is 0 Å². The van der Waals surface area contributed by atoms with Crippen LogP contribution in [0.1, 0.15) is 78.1 Å². The number of rotatable bonds is 3. The summed E-state index contributed by atoms with van der Waals surface area (Å²) in [6, 6.07) is 0. The zero-order valence-corrected chi connectivity index (χ0v) is 12.3. The van der Waals surface area contributed by atoms with E-state index >= 15 is 0 Å². The molecule has 2 aliphatic carbocycles. The molecule has 0 bridgehead atoms. The molecule has 2 saturated carbocycles. The van der Waals surface area contributed by atoms with E-state index in [1.165, 1.54) is 51.4 Å². The van der Waals surface area contributed by atoms with Crippen LogP contribution in [0.4, 0.5) is 0 Å². The van der Waals surface area contributed by atoms with Crippen molar-refractivity contribution in [2.24, 2.45) is 11.1 Å². The van der Waals surface area contributed by atoms with E-state index in [1.54, 1.807) is 0 Å². The molecule has 106 valence electrons. The fourth-order valence-corrected chi connectivity index (χ4v) is 3.47. The highest BCUT2D eigenvalue weighted by Gasteiger charge is 2.39. The van der Waals surface area contributed by atoms with E-state index in [0.29, 0.717) is 18.1 Å². The van der Waals surface area contributed by atoms with Gasteiger partial charge in [-0.05, 0) is 43.9 Å². The van der Waals surface area contributed by atoms with E-state index in [4.69, 9.17) is 10.5 Å². The normalized spacial score (nSPS) is 28.8. The van der Waals surface area contributed by atoms with Crippen molar-refractivity contribution in [2.75, 3.05) is 6.54 Å². The molecule has 0 heterocycles. The van der Waals surface area contributed by atoms with Gasteiger partial charge in [0.2, 0.25) is 0 Å². The first-order chi connectivity index (χ1) is 8.55. The van der Waals surface area contributed by atoms with Crippen molar-refractivity contribution in [2.45, 2.75) is 89.8 Å². The Bertz CT molecular complexity index is 244. The van der Waals surface area contributed by atoms with Gasteiger partial charge in [0.15, 0.2) is 0 Å². The molecule has 0 aliphatic heterocycles. The van der Waals surface area contributed by atoms with Gasteiger partial charge >= 0.3 is 0 Å². The lowest BCUT2D eigenvalue weighted by molar-refractivity contribution is -0.124. The quantitative estimate of drug-likeness (QED) is 0.771. The summed E-state index contributed by atoms with van der Waals surface area (Å²) in [5, 5.41) is 0. The summed E-state index contributed by atoms with van der Waals surface area (Å²) < 4.78 is 6.52. The van der Waals surface area contributed by atoms with Gasteiger partial charge in [0.05, 0.1) is 11.7 Å². The van der Waals surface area contributed by atoms with Crippen LogP contribution in [0.5, 0.6) is 0 Å². The largest absolute Gasteiger partial charge is 0.370 e. The molecule has 0 atom stereocenters. The maximum Gasteiger partial charge on any atom is 0.0808 e. The van der Waals surface area contributed by atoms with Gasteiger partial charge < -0.3 is 10.5 Å². The zero-order valence-electron chi connectivity index (χ0n) is 12.3. The molecule has 2 nitrogen and oxygen atoms in total. The SMILES string of the molecule is CC1(C)CCC(CN)(OC2CCCCCC2)CC1. The van der Waals surface area contributed by atoms with Gasteiger partial charge in [0, 0.05) is 6.54 Å². The molecule has 0 unspecified atom stereocenters. The van der Waals surface area contributed by atoms with Gasteiger partial charge in [-0.25, -0.2) is 0 Å². The lowest BCUT2D eigenvalue weighted by Gasteiger charge is -2.44. The van der Waals surface area contributed by atoms with E-state index in [9.17, 15) is 0 Å². The predicted octanol–water partition coefficient (Wildman–Crippen LogP) is 4.02. The topological polar surface area (TPSA) is 35.2 Å². The molecule has 2 heteroatoms. The minimum Gasteiger partial charge on any atom is -0.370 e. The first-order valence-corrected chi connectivity index (χ1v) is 7.93. The summed E-state index contributed by atoms with van der Waals surface area (Å²) >= 11 is 0. The van der Waals surface area contributed by atoms with Crippen LogP contribution in [0.15, 0.2) is 0 Å². The van der Waals surface area contributed by atoms with Crippen molar-refractivity contribution < 1.29 is 4.74 Å². The maximum absolute atomic E-state index is 6.52. The van der Waals surface area contributed by atoms with Crippen molar-refractivity contribution in [3.8, 4) is 0 Å². The average Bonchev–Trinajstić information content (AvgIpc) is 2.61. The highest BCUT2D eigenvalue weighted by Crippen LogP contribution is 2.42. The van der Waals surface area contributed by atoms with Gasteiger partial charge in [0.1, 0.15) is 0 Å². The molecule has 2 N–H and O–H groups in total. The van der Waals surface area contributed by atoms with Crippen LogP contribution >= 0.6 is 0 Å². The molecular weight excluding hydrogens is 222 g/mol. The summed E-state index contributed by atoms with van der Waals surface area (Å²) in [5.74, 6) is 0. The van der Waals surface area contributed by atoms with Crippen molar-refractivity contribution in [1.29, 1.82) is 0 Å². The number of hydrogen-bond donors (Lipinski definition) is 1. The molecule has 0 radical (unpaired) electrons. The summed E-state index contributed by atoms with van der Waals surface area (Å²) in [6.45, 7) is 5.46. The Balaban J connectivity index is 1.91. The van der Waals surface area contributed by atoms with Crippen LogP contribution in [0, 0.1) is 5.41 Å². The lowest BCUT2D eigenvalue weighted by atomic mass is 9.71. The Hall–Kier alpha value is -0.0800. The molecule has 0 aromatic carbocycles. The number of hydrogen-bond acceptors (Lipinski definition) is 2. The number of nitrogens with two attached hydrogens (primary N) is 1. The summed E-state index contributed by atoms with van der Waals surface area (Å²) in [5.41, 5.74) is 6.55. The van der Waals surface area contributed by atoms with Crippen molar-refractivity contribution in [1.82, 2.24) is 0 Å². The Kier molecular flexibility index (Phi) is 4.71. The minimum absolute atomic E-state index is 0.00449. The molecule has 0 saturated heterocycles. The molecule has 0 aromatic rings. The lowest BCUT2D eigenvalue weighted by Crippen LogP contribution is -2.47. The average molecular weight is 253 g/mol. The Morgan fingerprint density at radius 3 is 2.00 bits per heavy atom. The Labute approximate surface area is 113 Å². The molecule has 2 rings (SSSR count). The van der Waals surface area contributed by atoms with Gasteiger partial charge in [0.25, 0.3) is 0 Å². The van der Waals surface area contributed by atoms with Crippen molar-refractivity contribution >= 4 is 0 Å². The maximum atomic E-state index is 6.52. The van der Waals surface area contributed by atoms with Gasteiger partial charge in [-0.15, -0.1) is 0 Å². The van der Waals surface area contributed by atoms with Gasteiger partial charge in [-0.3, -0.25) is 0 Å². The summed E-state index contributed by atoms with van der Waals surface area (Å²) in [4.78, 5) is 0. The van der Waals surface area contributed by atoms with Crippen LogP contribution < -0.4 is 5.73 Å². The van der Waals surface area contributed by atoms with Crippen LogP contribution in [-0.2, 0) is 4.74 Å². The standard InChI is InChI=1S/C16H31NO/c1-15(2)9-11-16(13-17,12-10-15)18-14-7-5-3-4-6-8-14/h14H,3-13,17H2,1-2H3. The zero-order chi connectivity index (χ0) is 13.1. The van der Waals surface area contributed by atoms with Crippen LogP contribution in [0.3, 0.4) is 0 Å². The first kappa shape index (κ1) is 14.3. The van der Waals surface area contributed by atoms with Gasteiger partial charge in [-0.1, -0.05) is 39.5 Å². The van der Waals surface area contributed by atoms with Crippen molar-refractivity contribution in [3.05, 3.63) is 0 Å². The third kappa shape index (κ3) is 3.71. The fourth-order valence-electron chi connectivity index (χ4n) is 3.47. The van der Waals surface area contributed by atoms with E-state index < -0.39 is 0 Å². The Morgan fingerprint density at radius 2 is 1.50 bits per heavy atom. The Morgan fingerprint density at radius 1 is 0.944 bits per heavy atom. The number of ether oxygens (including phenoxy) is 1. The van der Waals surface area contributed by atoms with Gasteiger partial charge in [-0.2, -0.15) is 0 Å². The molecule has 0 spiro atoms. The van der Waals surface area contributed by atoms with Crippen molar-refractivity contribution in [3.63, 3.8) is 0 Å². The third-order valence-electron chi connectivity index (χ3n) is 5.11. The second kappa shape index (κ2) is 5.92. The molecule has 18 heavy (non-hydrogen) atoms. The third-order valence-corrected chi connectivity index (χ3v) is 5.11. The molecule has 0 aromatic heterocycles. The molecule has 2 fully saturated rings. The summed E-state index contributed by atoms with van der Waals surface area (Å²) in [7, 11) is 0. The molecule has 2 aliphatic rings. The predicted molar refractivity (Wildman–Crippen MR) is 76.6 cm³/mol. The monoisotopic (exact) mass is 253 g/mol. The minimum atomic E-state index is 0.00449. The molecule has 0 amide bonds. The highest BCUT2D eigenvalue weighted by molar-refractivity contribution is 4.92. The first-order valence-electron chi connectivity index (χ1n) is 7.93. The second-order valence-electron chi connectivity index (χ2n) is 7.28. The fraction of sp³-hybridized carbons (Fsp3) is 1.00. The summed E-state index contributed by atoms with van der Waals surface area (Å²) in [6.07, 6.45) is 13.3. The van der Waals surface area contributed by atoms with E-state index in [0.717, 1.165) is 12.8 Å². The van der Waals surface area contributed by atoms with E-state index in [-0.39, 0.29) is 5.60 Å². The second-order valence-corrected chi connectivity index (χ2v) is 7.28. The smallest absolute Gasteiger partial charge is 0.0808 e. The van der Waals surface area contributed by atoms with E-state index in [2.05, 4.69) is 13.8 Å². The molecular formula is C16H31NO. The van der Waals surface area contributed by atoms with Crippen LogP contribution in [0.2, 0.25) is 0 Å². The highest BCUT2D eigenvalue weighted by atomic mass is 16.5. The van der Waals surface area contributed by atoms with Crippen LogP contribution in [-0.4, -0.2) is 18.2 Å².